The van der Waals surface area contributed by atoms with Gasteiger partial charge in [-0.05, 0) is 39.1 Å². The Balaban J connectivity index is 2.00. The Labute approximate surface area is 128 Å². The van der Waals surface area contributed by atoms with Crippen LogP contribution in [0.3, 0.4) is 0 Å². The van der Waals surface area contributed by atoms with Crippen molar-refractivity contribution < 1.29 is 9.53 Å². The first-order valence-corrected chi connectivity index (χ1v) is 7.41. The van der Waals surface area contributed by atoms with Gasteiger partial charge in [0.25, 0.3) is 5.56 Å². The van der Waals surface area contributed by atoms with Gasteiger partial charge in [0, 0.05) is 11.6 Å². The minimum absolute atomic E-state index is 0.0547. The minimum Gasteiger partial charge on any atom is -0.444 e. The predicted molar refractivity (Wildman–Crippen MR) is 85.0 cm³/mol. The van der Waals surface area contributed by atoms with E-state index < -0.39 is 11.7 Å². The summed E-state index contributed by atoms with van der Waals surface area (Å²) < 4.78 is 7.08. The smallest absolute Gasteiger partial charge is 0.408 e. The molecule has 0 fully saturated rings. The number of carbonyl (C=O) groups excluding carboxylic acids is 1. The van der Waals surface area contributed by atoms with Crippen molar-refractivity contribution in [3.05, 3.63) is 46.2 Å². The molecule has 1 amide bonds. The zero-order chi connectivity index (χ0) is 16.1. The number of rotatable bonds is 1. The third kappa shape index (κ3) is 2.36. The number of aromatic nitrogens is 1. The summed E-state index contributed by atoms with van der Waals surface area (Å²) in [4.78, 5) is 24.3. The highest BCUT2D eigenvalue weighted by Gasteiger charge is 2.34. The lowest BCUT2D eigenvalue weighted by Gasteiger charge is -2.24. The first-order valence-electron chi connectivity index (χ1n) is 7.41. The average Bonchev–Trinajstić information content (AvgIpc) is 2.68. The quantitative estimate of drug-likeness (QED) is 0.880. The average molecular weight is 300 g/mol. The number of nitrogens with one attached hydrogen (secondary N) is 1. The molecule has 0 bridgehead atoms. The maximum absolute atomic E-state index is 12.2. The van der Waals surface area contributed by atoms with Gasteiger partial charge in [0.15, 0.2) is 0 Å². The number of hydrogen-bond acceptors (Lipinski definition) is 3. The van der Waals surface area contributed by atoms with E-state index in [0.29, 0.717) is 0 Å². The van der Waals surface area contributed by atoms with E-state index in [4.69, 9.17) is 4.74 Å². The van der Waals surface area contributed by atoms with Gasteiger partial charge in [-0.1, -0.05) is 18.2 Å². The van der Waals surface area contributed by atoms with E-state index in [-0.39, 0.29) is 17.6 Å². The molecule has 5 heteroatoms. The molecule has 1 aromatic carbocycles. The monoisotopic (exact) mass is 300 g/mol. The summed E-state index contributed by atoms with van der Waals surface area (Å²) >= 11 is 0. The van der Waals surface area contributed by atoms with Crippen LogP contribution in [0.2, 0.25) is 0 Å². The third-order valence-corrected chi connectivity index (χ3v) is 3.88. The van der Waals surface area contributed by atoms with E-state index in [1.165, 1.54) is 0 Å². The van der Waals surface area contributed by atoms with Crippen LogP contribution in [0.15, 0.2) is 35.1 Å². The molecule has 5 nitrogen and oxygen atoms in total. The zero-order valence-corrected chi connectivity index (χ0v) is 13.2. The fourth-order valence-electron chi connectivity index (χ4n) is 3.04. The Kier molecular flexibility index (Phi) is 3.24. The molecule has 2 aromatic rings. The van der Waals surface area contributed by atoms with E-state index in [2.05, 4.69) is 5.32 Å². The summed E-state index contributed by atoms with van der Waals surface area (Å²) in [5.41, 5.74) is 1.24. The second kappa shape index (κ2) is 4.87. The van der Waals surface area contributed by atoms with Crippen LogP contribution >= 0.6 is 0 Å². The molecule has 0 unspecified atom stereocenters. The van der Waals surface area contributed by atoms with Crippen molar-refractivity contribution in [2.24, 2.45) is 0 Å². The lowest BCUT2D eigenvalue weighted by atomic mass is 10.0. The molecular weight excluding hydrogens is 280 g/mol. The molecule has 2 atom stereocenters. The summed E-state index contributed by atoms with van der Waals surface area (Å²) in [6, 6.07) is 8.82. The molecule has 116 valence electrons. The number of para-hydroxylation sites is 1. The van der Waals surface area contributed by atoms with Crippen molar-refractivity contribution >= 4 is 17.0 Å². The third-order valence-electron chi connectivity index (χ3n) is 3.88. The molecule has 1 aromatic heterocycles. The van der Waals surface area contributed by atoms with Gasteiger partial charge in [-0.3, -0.25) is 4.79 Å². The van der Waals surface area contributed by atoms with Crippen LogP contribution in [0.5, 0.6) is 0 Å². The van der Waals surface area contributed by atoms with Gasteiger partial charge in [-0.25, -0.2) is 4.79 Å². The number of nitrogens with zero attached hydrogens (tertiary/aromatic N) is 1. The standard InChI is InChI=1S/C17H20N2O3/c1-10-14(18-16(21)22-17(2,3)4)12-7-5-6-11-8-9-13(20)19(10)15(11)12/h5-10,14H,1-4H3,(H,18,21)/t10-,14-/m0/s1. The van der Waals surface area contributed by atoms with Crippen LogP contribution < -0.4 is 10.9 Å². The number of pyridine rings is 1. The van der Waals surface area contributed by atoms with Crippen molar-refractivity contribution in [2.45, 2.75) is 45.4 Å². The summed E-state index contributed by atoms with van der Waals surface area (Å²) in [7, 11) is 0. The van der Waals surface area contributed by atoms with Gasteiger partial charge >= 0.3 is 6.09 Å². The predicted octanol–water partition coefficient (Wildman–Crippen LogP) is 3.14. The molecule has 1 aliphatic rings. The largest absolute Gasteiger partial charge is 0.444 e. The molecule has 0 radical (unpaired) electrons. The Morgan fingerprint density at radius 2 is 1.95 bits per heavy atom. The van der Waals surface area contributed by atoms with Gasteiger partial charge in [-0.15, -0.1) is 0 Å². The van der Waals surface area contributed by atoms with Crippen LogP contribution in [0.1, 0.15) is 45.3 Å². The van der Waals surface area contributed by atoms with Crippen LogP contribution in [0.25, 0.3) is 10.9 Å². The normalized spacial score (nSPS) is 20.2. The van der Waals surface area contributed by atoms with Crippen molar-refractivity contribution in [1.29, 1.82) is 0 Å². The van der Waals surface area contributed by atoms with Crippen LogP contribution in [-0.2, 0) is 4.74 Å². The molecule has 2 heterocycles. The molecule has 3 rings (SSSR count). The first kappa shape index (κ1) is 14.6. The van der Waals surface area contributed by atoms with E-state index in [1.54, 1.807) is 10.6 Å². The molecule has 22 heavy (non-hydrogen) atoms. The summed E-state index contributed by atoms with van der Waals surface area (Å²) in [6.07, 6.45) is -0.470. The fraction of sp³-hybridized carbons (Fsp3) is 0.412. The topological polar surface area (TPSA) is 60.3 Å². The van der Waals surface area contributed by atoms with E-state index in [9.17, 15) is 9.59 Å². The lowest BCUT2D eigenvalue weighted by Crippen LogP contribution is -2.37. The van der Waals surface area contributed by atoms with E-state index in [0.717, 1.165) is 16.5 Å². The first-order chi connectivity index (χ1) is 10.3. The highest BCUT2D eigenvalue weighted by Crippen LogP contribution is 2.38. The summed E-state index contributed by atoms with van der Waals surface area (Å²) in [6.45, 7) is 7.41. The van der Waals surface area contributed by atoms with Crippen LogP contribution in [0, 0.1) is 0 Å². The Morgan fingerprint density at radius 1 is 1.23 bits per heavy atom. The zero-order valence-electron chi connectivity index (χ0n) is 13.2. The van der Waals surface area contributed by atoms with Gasteiger partial charge < -0.3 is 14.6 Å². The molecule has 0 aliphatic carbocycles. The van der Waals surface area contributed by atoms with Gasteiger partial charge in [0.1, 0.15) is 5.60 Å². The lowest BCUT2D eigenvalue weighted by molar-refractivity contribution is 0.0493. The highest BCUT2D eigenvalue weighted by atomic mass is 16.6. The minimum atomic E-state index is -0.554. The second-order valence-electron chi connectivity index (χ2n) is 6.69. The van der Waals surface area contributed by atoms with Gasteiger partial charge in [0.2, 0.25) is 0 Å². The van der Waals surface area contributed by atoms with Crippen LogP contribution in [-0.4, -0.2) is 16.3 Å². The number of ether oxygens (including phenoxy) is 1. The molecule has 1 aliphatic heterocycles. The fourth-order valence-corrected chi connectivity index (χ4v) is 3.04. The molecule has 0 saturated heterocycles. The molecule has 0 spiro atoms. The van der Waals surface area contributed by atoms with Crippen molar-refractivity contribution in [1.82, 2.24) is 9.88 Å². The van der Waals surface area contributed by atoms with Gasteiger partial charge in [0.05, 0.1) is 17.6 Å². The molecular formula is C17H20N2O3. The maximum atomic E-state index is 12.2. The maximum Gasteiger partial charge on any atom is 0.408 e. The van der Waals surface area contributed by atoms with Crippen molar-refractivity contribution in [3.8, 4) is 0 Å². The van der Waals surface area contributed by atoms with Crippen molar-refractivity contribution in [2.75, 3.05) is 0 Å². The number of carbonyl (C=O) groups is 1. The molecule has 1 N–H and O–H groups in total. The number of alkyl carbamates (subject to hydrolysis) is 1. The van der Waals surface area contributed by atoms with E-state index >= 15 is 0 Å². The van der Waals surface area contributed by atoms with Gasteiger partial charge in [-0.2, -0.15) is 0 Å². The Morgan fingerprint density at radius 3 is 2.64 bits per heavy atom. The van der Waals surface area contributed by atoms with Crippen LogP contribution in [0.4, 0.5) is 4.79 Å². The molecule has 0 saturated carbocycles. The summed E-state index contributed by atoms with van der Waals surface area (Å²) in [5.74, 6) is 0. The number of benzene rings is 1. The summed E-state index contributed by atoms with van der Waals surface area (Å²) in [5, 5.41) is 3.90. The Bertz CT molecular complexity index is 802. The second-order valence-corrected chi connectivity index (χ2v) is 6.69. The Hall–Kier alpha value is -2.30. The van der Waals surface area contributed by atoms with Crippen molar-refractivity contribution in [3.63, 3.8) is 0 Å². The number of amides is 1. The highest BCUT2D eigenvalue weighted by molar-refractivity contribution is 5.85. The SMILES string of the molecule is C[C@H]1[C@H](NC(=O)OC(C)(C)C)c2cccc3ccc(=O)n1c23. The number of hydrogen-bond donors (Lipinski definition) is 1. The van der Waals surface area contributed by atoms with E-state index in [1.807, 2.05) is 52.0 Å².